The molecule has 0 aliphatic rings. The Morgan fingerprint density at radius 3 is 0.922 bits per heavy atom. The molecular weight excluding hydrogens is 680 g/mol. The summed E-state index contributed by atoms with van der Waals surface area (Å²) in [5.41, 5.74) is -3.19. The minimum absolute atomic E-state index is 0.0214. The fourth-order valence-corrected chi connectivity index (χ4v) is 3.04. The molecule has 0 heterocycles. The molecule has 0 rings (SSSR count). The second kappa shape index (κ2) is 23.2. The number of nitrogens with one attached hydrogen (secondary N) is 2. The Balaban J connectivity index is 5.68. The molecule has 0 radical (unpaired) electrons. The van der Waals surface area contributed by atoms with Gasteiger partial charge in [-0.1, -0.05) is 39.5 Å². The maximum absolute atomic E-state index is 12.5. The Kier molecular flexibility index (Phi) is 20.4. The summed E-state index contributed by atoms with van der Waals surface area (Å²) in [5.74, 6) is -5.22. The van der Waals surface area contributed by atoms with Gasteiger partial charge in [0.05, 0.1) is 6.67 Å². The summed E-state index contributed by atoms with van der Waals surface area (Å²) in [5, 5.41) is 4.37. The molecule has 18 nitrogen and oxygen atoms in total. The number of carbonyl (C=O) groups is 8. The van der Waals surface area contributed by atoms with Gasteiger partial charge in [0.15, 0.2) is 0 Å². The maximum atomic E-state index is 12.5. The van der Waals surface area contributed by atoms with Gasteiger partial charge in [0.1, 0.15) is 63.7 Å². The molecule has 51 heavy (non-hydrogen) atoms. The second-order valence-electron chi connectivity index (χ2n) is 10.6. The van der Waals surface area contributed by atoms with Crippen molar-refractivity contribution in [3.63, 3.8) is 0 Å². The number of amides is 2. The smallest absolute Gasteiger partial charge is 0.408 e. The van der Waals surface area contributed by atoms with E-state index in [1.54, 1.807) is 0 Å². The van der Waals surface area contributed by atoms with Gasteiger partial charge in [0.2, 0.25) is 0 Å². The molecule has 280 valence electrons. The zero-order valence-corrected chi connectivity index (χ0v) is 28.4. The molecule has 0 saturated heterocycles. The largest absolute Gasteiger partial charge is 0.462 e. The average Bonchev–Trinajstić information content (AvgIpc) is 3.12. The Bertz CT molecular complexity index is 1290. The third kappa shape index (κ3) is 18.8. The molecule has 2 N–H and O–H groups in total. The summed E-state index contributed by atoms with van der Waals surface area (Å²) in [6, 6.07) is 0. The van der Waals surface area contributed by atoms with Gasteiger partial charge in [-0.25, -0.2) is 38.4 Å². The maximum Gasteiger partial charge on any atom is 0.408 e. The Morgan fingerprint density at radius 2 is 0.686 bits per heavy atom. The van der Waals surface area contributed by atoms with Crippen molar-refractivity contribution in [1.82, 2.24) is 10.6 Å². The molecular formula is C33H42N2O16. The average molecular weight is 723 g/mol. The molecule has 0 aromatic rings. The summed E-state index contributed by atoms with van der Waals surface area (Å²) in [4.78, 5) is 96.3. The van der Waals surface area contributed by atoms with E-state index in [1.165, 1.54) is 13.8 Å². The van der Waals surface area contributed by atoms with E-state index in [4.69, 9.17) is 37.9 Å². The highest BCUT2D eigenvalue weighted by Crippen LogP contribution is 2.23. The van der Waals surface area contributed by atoms with E-state index in [9.17, 15) is 38.4 Å². The monoisotopic (exact) mass is 722 g/mol. The molecule has 0 aliphatic carbocycles. The predicted octanol–water partition coefficient (Wildman–Crippen LogP) is 1.52. The van der Waals surface area contributed by atoms with Crippen LogP contribution in [0.5, 0.6) is 0 Å². The van der Waals surface area contributed by atoms with Gasteiger partial charge in [-0.05, 0) is 13.8 Å². The van der Waals surface area contributed by atoms with Gasteiger partial charge in [-0.2, -0.15) is 0 Å². The van der Waals surface area contributed by atoms with Gasteiger partial charge in [-0.15, -0.1) is 0 Å². The lowest BCUT2D eigenvalue weighted by Crippen LogP contribution is -2.46. The van der Waals surface area contributed by atoms with Crippen LogP contribution in [0.3, 0.4) is 0 Å². The van der Waals surface area contributed by atoms with E-state index < -0.39 is 118 Å². The first-order chi connectivity index (χ1) is 24.0. The zero-order chi connectivity index (χ0) is 39.0. The van der Waals surface area contributed by atoms with Gasteiger partial charge >= 0.3 is 48.0 Å². The SMILES string of the molecule is C=CC(=O)OCC(COC(=O)C=C)(COC(=O)C=C)COC(=O)NCNC(=O)OCC(COC(=O)C=C)(COC(=O)C(=C)C)COC(=O)C(=C)C. The van der Waals surface area contributed by atoms with E-state index >= 15 is 0 Å². The van der Waals surface area contributed by atoms with Gasteiger partial charge < -0.3 is 48.5 Å². The lowest BCUT2D eigenvalue weighted by atomic mass is 9.92. The summed E-state index contributed by atoms with van der Waals surface area (Å²) in [7, 11) is 0. The molecule has 0 spiro atoms. The van der Waals surface area contributed by atoms with Crippen LogP contribution in [-0.2, 0) is 66.7 Å². The van der Waals surface area contributed by atoms with Crippen LogP contribution in [-0.4, -0.2) is 108 Å². The number of hydrogen-bond donors (Lipinski definition) is 2. The lowest BCUT2D eigenvalue weighted by molar-refractivity contribution is -0.162. The Hall–Kier alpha value is -6.20. The van der Waals surface area contributed by atoms with E-state index in [1.807, 2.05) is 0 Å². The third-order valence-corrected chi connectivity index (χ3v) is 5.95. The minimum Gasteiger partial charge on any atom is -0.462 e. The molecule has 0 saturated carbocycles. The summed E-state index contributed by atoms with van der Waals surface area (Å²) >= 11 is 0. The van der Waals surface area contributed by atoms with Crippen molar-refractivity contribution in [1.29, 1.82) is 0 Å². The van der Waals surface area contributed by atoms with Gasteiger partial charge in [0.25, 0.3) is 0 Å². The first kappa shape index (κ1) is 44.8. The first-order valence-electron chi connectivity index (χ1n) is 14.6. The highest BCUT2D eigenvalue weighted by molar-refractivity contribution is 5.87. The van der Waals surface area contributed by atoms with Crippen LogP contribution in [0.2, 0.25) is 0 Å². The van der Waals surface area contributed by atoms with Crippen molar-refractivity contribution in [3.05, 3.63) is 74.9 Å². The van der Waals surface area contributed by atoms with Crippen LogP contribution in [0.4, 0.5) is 9.59 Å². The quantitative estimate of drug-likeness (QED) is 0.0622. The topological polar surface area (TPSA) is 234 Å². The lowest BCUT2D eigenvalue weighted by Gasteiger charge is -2.31. The fraction of sp³-hybridized carbons (Fsp3) is 0.394. The number of ether oxygens (including phenoxy) is 8. The molecule has 0 fully saturated rings. The van der Waals surface area contributed by atoms with E-state index in [0.717, 1.165) is 24.3 Å². The van der Waals surface area contributed by atoms with Gasteiger partial charge in [0, 0.05) is 35.5 Å². The summed E-state index contributed by atoms with van der Waals surface area (Å²) in [6.45, 7) is 17.4. The predicted molar refractivity (Wildman–Crippen MR) is 175 cm³/mol. The van der Waals surface area contributed by atoms with E-state index in [2.05, 4.69) is 50.1 Å². The zero-order valence-electron chi connectivity index (χ0n) is 28.4. The number of hydrogen-bond acceptors (Lipinski definition) is 16. The van der Waals surface area contributed by atoms with Crippen LogP contribution in [0.25, 0.3) is 0 Å². The number of carbonyl (C=O) groups excluding carboxylic acids is 8. The van der Waals surface area contributed by atoms with Crippen molar-refractivity contribution in [2.24, 2.45) is 10.8 Å². The number of alkyl carbamates (subject to hydrolysis) is 2. The third-order valence-electron chi connectivity index (χ3n) is 5.95. The van der Waals surface area contributed by atoms with Crippen molar-refractivity contribution < 1.29 is 76.3 Å². The Morgan fingerprint density at radius 1 is 0.451 bits per heavy atom. The highest BCUT2D eigenvalue weighted by Gasteiger charge is 2.39. The van der Waals surface area contributed by atoms with Crippen LogP contribution >= 0.6 is 0 Å². The molecule has 18 heteroatoms. The highest BCUT2D eigenvalue weighted by atomic mass is 16.6. The van der Waals surface area contributed by atoms with Crippen molar-refractivity contribution in [2.45, 2.75) is 13.8 Å². The molecule has 0 aromatic heterocycles. The van der Waals surface area contributed by atoms with E-state index in [-0.39, 0.29) is 11.1 Å². The summed E-state index contributed by atoms with van der Waals surface area (Å²) in [6.07, 6.45) is 1.08. The first-order valence-corrected chi connectivity index (χ1v) is 14.6. The summed E-state index contributed by atoms with van der Waals surface area (Å²) < 4.78 is 40.9. The standard InChI is InChI=1S/C33H42N2O16/c1-9-24(36)44-13-32(14-45-25(37)10-2,15-46-26(38)11-3)19-50-30(42)34-21-35-31(43)51-20-33(16-47-27(39)12-4,17-48-28(40)22(5)6)18-49-29(41)23(7)8/h9-12H,1-5,7,13-21H2,6,8H3,(H,34,42)(H,35,43). The molecule has 0 unspecified atom stereocenters. The number of esters is 6. The van der Waals surface area contributed by atoms with Gasteiger partial charge in [-0.3, -0.25) is 0 Å². The normalized spacial score (nSPS) is 10.4. The minimum atomic E-state index is -1.62. The molecule has 0 bridgehead atoms. The molecule has 0 atom stereocenters. The van der Waals surface area contributed by atoms with Crippen LogP contribution < -0.4 is 10.6 Å². The van der Waals surface area contributed by atoms with Crippen molar-refractivity contribution in [2.75, 3.05) is 59.5 Å². The fourth-order valence-electron chi connectivity index (χ4n) is 3.04. The van der Waals surface area contributed by atoms with Crippen LogP contribution in [0.15, 0.2) is 74.9 Å². The van der Waals surface area contributed by atoms with Crippen molar-refractivity contribution >= 4 is 48.0 Å². The van der Waals surface area contributed by atoms with Crippen LogP contribution in [0, 0.1) is 10.8 Å². The van der Waals surface area contributed by atoms with Crippen LogP contribution in [0.1, 0.15) is 13.8 Å². The molecule has 2 amide bonds. The second-order valence-corrected chi connectivity index (χ2v) is 10.6. The molecule has 0 aromatic carbocycles. The van der Waals surface area contributed by atoms with E-state index in [0.29, 0.717) is 0 Å². The number of rotatable bonds is 24. The molecule has 0 aliphatic heterocycles. The Labute approximate surface area is 294 Å². The van der Waals surface area contributed by atoms with Crippen molar-refractivity contribution in [3.8, 4) is 0 Å².